The van der Waals surface area contributed by atoms with E-state index in [-0.39, 0.29) is 46.3 Å². The summed E-state index contributed by atoms with van der Waals surface area (Å²) in [6.45, 7) is 6.29. The van der Waals surface area contributed by atoms with Crippen molar-refractivity contribution in [3.05, 3.63) is 0 Å². The first-order valence-electron chi connectivity index (χ1n) is 11.0. The zero-order chi connectivity index (χ0) is 20.0. The van der Waals surface area contributed by atoms with Gasteiger partial charge in [-0.3, -0.25) is 4.79 Å². The number of carbonyl (C=O) groups is 1. The van der Waals surface area contributed by atoms with E-state index in [0.717, 1.165) is 44.9 Å². The van der Waals surface area contributed by atoms with Crippen molar-refractivity contribution in [3.8, 4) is 0 Å². The van der Waals surface area contributed by atoms with Gasteiger partial charge in [0.1, 0.15) is 0 Å². The molecule has 0 aromatic carbocycles. The minimum Gasteiger partial charge on any atom is -0.396 e. The number of halogens is 1. The number of rotatable bonds is 2. The Kier molecular flexibility index (Phi) is 6.47. The summed E-state index contributed by atoms with van der Waals surface area (Å²) in [5, 5.41) is 31.1. The topological polar surface area (TPSA) is 77.8 Å². The fourth-order valence-corrected chi connectivity index (χ4v) is 8.39. The summed E-state index contributed by atoms with van der Waals surface area (Å²) in [6.07, 6.45) is 6.02. The second kappa shape index (κ2) is 8.04. The van der Waals surface area contributed by atoms with Crippen molar-refractivity contribution in [1.29, 1.82) is 0 Å². The van der Waals surface area contributed by atoms with Crippen molar-refractivity contribution in [3.63, 3.8) is 0 Å². The lowest BCUT2D eigenvalue weighted by molar-refractivity contribution is -0.182. The number of aliphatic hydroxyl groups excluding tert-OH is 3. The van der Waals surface area contributed by atoms with Gasteiger partial charge in [-0.2, -0.15) is 0 Å². The highest BCUT2D eigenvalue weighted by atomic mass is 79.9. The molecular formula is C22H37BrO4. The SMILES string of the molecule is CC.C[C@]12CCC3C(C1C[C@@H](Br)C2=O)[C@@H](O)C[C@H]1C[C@@H](O)CC[C@]31CCO. The molecule has 156 valence electrons. The number of hydrogen-bond acceptors (Lipinski definition) is 4. The Labute approximate surface area is 172 Å². The van der Waals surface area contributed by atoms with Crippen molar-refractivity contribution < 1.29 is 20.1 Å². The van der Waals surface area contributed by atoms with E-state index >= 15 is 0 Å². The monoisotopic (exact) mass is 444 g/mol. The first-order chi connectivity index (χ1) is 12.8. The van der Waals surface area contributed by atoms with Crippen LogP contribution in [0.4, 0.5) is 0 Å². The Balaban J connectivity index is 0.00000102. The fraction of sp³-hybridized carbons (Fsp3) is 0.955. The number of alkyl halides is 1. The van der Waals surface area contributed by atoms with Gasteiger partial charge in [-0.1, -0.05) is 36.7 Å². The van der Waals surface area contributed by atoms with Crippen LogP contribution < -0.4 is 0 Å². The van der Waals surface area contributed by atoms with E-state index in [9.17, 15) is 20.1 Å². The summed E-state index contributed by atoms with van der Waals surface area (Å²) in [5.41, 5.74) is -0.273. The molecule has 3 N–H and O–H groups in total. The molecule has 5 heteroatoms. The minimum atomic E-state index is -0.387. The molecule has 9 atom stereocenters. The molecule has 4 fully saturated rings. The van der Waals surface area contributed by atoms with Gasteiger partial charge >= 0.3 is 0 Å². The summed E-state index contributed by atoms with van der Waals surface area (Å²) < 4.78 is 0. The zero-order valence-corrected chi connectivity index (χ0v) is 18.6. The van der Waals surface area contributed by atoms with Crippen LogP contribution in [0.5, 0.6) is 0 Å². The molecule has 0 aliphatic heterocycles. The summed E-state index contributed by atoms with van der Waals surface area (Å²) in [6, 6.07) is 0. The molecule has 0 aromatic heterocycles. The summed E-state index contributed by atoms with van der Waals surface area (Å²) in [7, 11) is 0. The Morgan fingerprint density at radius 1 is 1.07 bits per heavy atom. The molecule has 4 saturated carbocycles. The van der Waals surface area contributed by atoms with Gasteiger partial charge in [0.25, 0.3) is 0 Å². The third-order valence-electron chi connectivity index (χ3n) is 8.63. The van der Waals surface area contributed by atoms with Crippen molar-refractivity contribution in [1.82, 2.24) is 0 Å². The highest BCUT2D eigenvalue weighted by molar-refractivity contribution is 9.10. The average molecular weight is 445 g/mol. The Morgan fingerprint density at radius 3 is 2.44 bits per heavy atom. The lowest BCUT2D eigenvalue weighted by atomic mass is 9.43. The molecule has 0 bridgehead atoms. The molecule has 0 aromatic rings. The van der Waals surface area contributed by atoms with Crippen molar-refractivity contribution in [2.75, 3.05) is 6.61 Å². The normalized spacial score (nSPS) is 51.5. The Bertz CT molecular complexity index is 554. The maximum absolute atomic E-state index is 12.8. The lowest BCUT2D eigenvalue weighted by Crippen LogP contribution is -2.59. The van der Waals surface area contributed by atoms with E-state index in [1.165, 1.54) is 0 Å². The number of carbonyl (C=O) groups excluding carboxylic acids is 1. The molecule has 0 radical (unpaired) electrons. The van der Waals surface area contributed by atoms with Crippen LogP contribution in [0, 0.1) is 34.5 Å². The molecule has 3 unspecified atom stereocenters. The smallest absolute Gasteiger partial charge is 0.152 e. The van der Waals surface area contributed by atoms with Gasteiger partial charge in [-0.15, -0.1) is 0 Å². The summed E-state index contributed by atoms with van der Waals surface area (Å²) in [5.74, 6) is 1.37. The number of ketones is 1. The van der Waals surface area contributed by atoms with Crippen LogP contribution >= 0.6 is 15.9 Å². The van der Waals surface area contributed by atoms with E-state index in [2.05, 4.69) is 22.9 Å². The number of hydrogen-bond donors (Lipinski definition) is 3. The predicted molar refractivity (Wildman–Crippen MR) is 110 cm³/mol. The molecule has 0 amide bonds. The quantitative estimate of drug-likeness (QED) is 0.567. The molecule has 0 saturated heterocycles. The molecule has 0 heterocycles. The predicted octanol–water partition coefficient (Wildman–Crippen LogP) is 3.69. The van der Waals surface area contributed by atoms with Gasteiger partial charge in [0, 0.05) is 12.0 Å². The first-order valence-corrected chi connectivity index (χ1v) is 11.9. The van der Waals surface area contributed by atoms with Crippen LogP contribution in [0.2, 0.25) is 0 Å². The van der Waals surface area contributed by atoms with Gasteiger partial charge in [-0.25, -0.2) is 0 Å². The van der Waals surface area contributed by atoms with Crippen molar-refractivity contribution >= 4 is 21.7 Å². The van der Waals surface area contributed by atoms with Crippen LogP contribution in [0.1, 0.15) is 72.1 Å². The van der Waals surface area contributed by atoms with E-state index in [1.54, 1.807) is 0 Å². The summed E-state index contributed by atoms with van der Waals surface area (Å²) in [4.78, 5) is 12.7. The number of fused-ring (bicyclic) bond motifs is 5. The highest BCUT2D eigenvalue weighted by Gasteiger charge is 2.64. The zero-order valence-electron chi connectivity index (χ0n) is 17.0. The molecule has 27 heavy (non-hydrogen) atoms. The lowest BCUT2D eigenvalue weighted by Gasteiger charge is -2.62. The maximum Gasteiger partial charge on any atom is 0.152 e. The minimum absolute atomic E-state index is 0.0344. The van der Waals surface area contributed by atoms with Crippen molar-refractivity contribution in [2.45, 2.75) is 89.2 Å². The van der Waals surface area contributed by atoms with Crippen LogP contribution in [-0.2, 0) is 4.79 Å². The third kappa shape index (κ3) is 3.25. The first kappa shape index (κ1) is 21.7. The van der Waals surface area contributed by atoms with Crippen LogP contribution in [0.25, 0.3) is 0 Å². The van der Waals surface area contributed by atoms with Gasteiger partial charge in [0.2, 0.25) is 0 Å². The second-order valence-electron chi connectivity index (χ2n) is 9.45. The average Bonchev–Trinajstić information content (AvgIpc) is 2.88. The standard InChI is InChI=1S/C20H31BrO4.C2H6/c1-19-4-3-13-17(14(19)10-15(21)18(19)25)16(24)9-11-8-12(23)2-5-20(11,13)6-7-22;1-2/h11-17,22-24H,2-10H2,1H3;1-2H3/t11-,12+,13?,14?,15-,16+,17?,19+,20-;/m1./s1. The van der Waals surface area contributed by atoms with Crippen molar-refractivity contribution in [2.24, 2.45) is 34.5 Å². The number of aliphatic hydroxyl groups is 3. The Morgan fingerprint density at radius 2 is 1.78 bits per heavy atom. The fourth-order valence-electron chi connectivity index (χ4n) is 7.47. The molecule has 4 rings (SSSR count). The van der Waals surface area contributed by atoms with Gasteiger partial charge < -0.3 is 15.3 Å². The van der Waals surface area contributed by atoms with Crippen LogP contribution in [0.3, 0.4) is 0 Å². The van der Waals surface area contributed by atoms with Gasteiger partial charge in [0.15, 0.2) is 5.78 Å². The molecule has 4 nitrogen and oxygen atoms in total. The van der Waals surface area contributed by atoms with Crippen LogP contribution in [-0.4, -0.2) is 44.7 Å². The maximum atomic E-state index is 12.8. The number of Topliss-reactive ketones (excluding diaryl/α,β-unsaturated/α-hetero) is 1. The molecular weight excluding hydrogens is 408 g/mol. The van der Waals surface area contributed by atoms with Crippen LogP contribution in [0.15, 0.2) is 0 Å². The summed E-state index contributed by atoms with van der Waals surface area (Å²) >= 11 is 3.58. The molecule has 4 aliphatic rings. The van der Waals surface area contributed by atoms with E-state index in [4.69, 9.17) is 0 Å². The van der Waals surface area contributed by atoms with Gasteiger partial charge in [0.05, 0.1) is 17.0 Å². The van der Waals surface area contributed by atoms with E-state index < -0.39 is 0 Å². The molecule has 0 spiro atoms. The molecule has 4 aliphatic carbocycles. The second-order valence-corrected chi connectivity index (χ2v) is 10.6. The largest absolute Gasteiger partial charge is 0.396 e. The van der Waals surface area contributed by atoms with Gasteiger partial charge in [-0.05, 0) is 80.5 Å². The van der Waals surface area contributed by atoms with E-state index in [0.29, 0.717) is 24.0 Å². The third-order valence-corrected chi connectivity index (χ3v) is 9.42. The highest BCUT2D eigenvalue weighted by Crippen LogP contribution is 2.66. The van der Waals surface area contributed by atoms with E-state index in [1.807, 2.05) is 13.8 Å². The Hall–Kier alpha value is 0.0300.